The predicted molar refractivity (Wildman–Crippen MR) is 86.6 cm³/mol. The van der Waals surface area contributed by atoms with Crippen molar-refractivity contribution in [1.29, 1.82) is 0 Å². The molecule has 0 radical (unpaired) electrons. The van der Waals surface area contributed by atoms with Gasteiger partial charge in [0.1, 0.15) is 0 Å². The SMILES string of the molecule is CCC1CCCCN1C(C(C)C)C(N)c1ccccc1. The van der Waals surface area contributed by atoms with Gasteiger partial charge in [-0.25, -0.2) is 0 Å². The molecule has 2 heteroatoms. The van der Waals surface area contributed by atoms with Gasteiger partial charge in [-0.15, -0.1) is 0 Å². The number of rotatable bonds is 5. The monoisotopic (exact) mass is 274 g/mol. The summed E-state index contributed by atoms with van der Waals surface area (Å²) in [5.74, 6) is 0.581. The molecule has 112 valence electrons. The van der Waals surface area contributed by atoms with E-state index < -0.39 is 0 Å². The fraction of sp³-hybridized carbons (Fsp3) is 0.667. The Morgan fingerprint density at radius 1 is 1.20 bits per heavy atom. The molecule has 2 nitrogen and oxygen atoms in total. The lowest BCUT2D eigenvalue weighted by atomic mass is 9.86. The molecule has 1 saturated heterocycles. The average molecular weight is 274 g/mol. The van der Waals surface area contributed by atoms with Crippen LogP contribution in [0, 0.1) is 5.92 Å². The van der Waals surface area contributed by atoms with E-state index in [1.807, 2.05) is 0 Å². The fourth-order valence-corrected chi connectivity index (χ4v) is 3.73. The summed E-state index contributed by atoms with van der Waals surface area (Å²) in [7, 11) is 0. The van der Waals surface area contributed by atoms with E-state index in [2.05, 4.69) is 56.0 Å². The van der Waals surface area contributed by atoms with Crippen molar-refractivity contribution in [3.05, 3.63) is 35.9 Å². The van der Waals surface area contributed by atoms with Crippen LogP contribution < -0.4 is 5.73 Å². The van der Waals surface area contributed by atoms with Gasteiger partial charge in [0.15, 0.2) is 0 Å². The second kappa shape index (κ2) is 7.24. The maximum atomic E-state index is 6.65. The van der Waals surface area contributed by atoms with Crippen LogP contribution in [-0.2, 0) is 0 Å². The van der Waals surface area contributed by atoms with Crippen molar-refractivity contribution >= 4 is 0 Å². The molecular formula is C18H30N2. The number of piperidine rings is 1. The largest absolute Gasteiger partial charge is 0.323 e. The average Bonchev–Trinajstić information content (AvgIpc) is 2.48. The minimum absolute atomic E-state index is 0.114. The molecule has 2 rings (SSSR count). The summed E-state index contributed by atoms with van der Waals surface area (Å²) in [6, 6.07) is 11.9. The van der Waals surface area contributed by atoms with Gasteiger partial charge in [-0.05, 0) is 37.3 Å². The Kier molecular flexibility index (Phi) is 5.62. The van der Waals surface area contributed by atoms with Crippen molar-refractivity contribution in [1.82, 2.24) is 4.90 Å². The summed E-state index contributed by atoms with van der Waals surface area (Å²) < 4.78 is 0. The molecule has 0 amide bonds. The van der Waals surface area contributed by atoms with Crippen LogP contribution in [0.3, 0.4) is 0 Å². The molecule has 2 N–H and O–H groups in total. The molecule has 3 unspecified atom stereocenters. The molecule has 1 aliphatic rings. The minimum Gasteiger partial charge on any atom is -0.323 e. The highest BCUT2D eigenvalue weighted by Gasteiger charge is 2.33. The number of nitrogens with two attached hydrogens (primary N) is 1. The van der Waals surface area contributed by atoms with Gasteiger partial charge in [0.2, 0.25) is 0 Å². The minimum atomic E-state index is 0.114. The maximum absolute atomic E-state index is 6.65. The highest BCUT2D eigenvalue weighted by Crippen LogP contribution is 2.31. The van der Waals surface area contributed by atoms with Crippen molar-refractivity contribution in [3.8, 4) is 0 Å². The van der Waals surface area contributed by atoms with Crippen molar-refractivity contribution < 1.29 is 0 Å². The van der Waals surface area contributed by atoms with Gasteiger partial charge >= 0.3 is 0 Å². The molecule has 1 aromatic rings. The Morgan fingerprint density at radius 3 is 2.50 bits per heavy atom. The van der Waals surface area contributed by atoms with Crippen molar-refractivity contribution in [2.24, 2.45) is 11.7 Å². The highest BCUT2D eigenvalue weighted by atomic mass is 15.2. The van der Waals surface area contributed by atoms with Gasteiger partial charge < -0.3 is 5.73 Å². The number of benzene rings is 1. The topological polar surface area (TPSA) is 29.3 Å². The number of hydrogen-bond acceptors (Lipinski definition) is 2. The van der Waals surface area contributed by atoms with Gasteiger partial charge in [-0.1, -0.05) is 57.5 Å². The van der Waals surface area contributed by atoms with Gasteiger partial charge in [0.05, 0.1) is 0 Å². The summed E-state index contributed by atoms with van der Waals surface area (Å²) in [6.45, 7) is 8.15. The molecule has 0 saturated carbocycles. The fourth-order valence-electron chi connectivity index (χ4n) is 3.73. The molecule has 1 aromatic carbocycles. The molecule has 0 aliphatic carbocycles. The zero-order valence-corrected chi connectivity index (χ0v) is 13.3. The first kappa shape index (κ1) is 15.5. The Morgan fingerprint density at radius 2 is 1.90 bits per heavy atom. The van der Waals surface area contributed by atoms with Crippen LogP contribution in [0.25, 0.3) is 0 Å². The zero-order chi connectivity index (χ0) is 14.5. The van der Waals surface area contributed by atoms with Crippen LogP contribution >= 0.6 is 0 Å². The molecule has 1 heterocycles. The summed E-state index contributed by atoms with van der Waals surface area (Å²) >= 11 is 0. The Bertz CT molecular complexity index is 388. The van der Waals surface area contributed by atoms with E-state index >= 15 is 0 Å². The van der Waals surface area contributed by atoms with Crippen molar-refractivity contribution in [3.63, 3.8) is 0 Å². The van der Waals surface area contributed by atoms with Crippen molar-refractivity contribution in [2.75, 3.05) is 6.54 Å². The summed E-state index contributed by atoms with van der Waals surface area (Å²) in [5, 5.41) is 0. The lowest BCUT2D eigenvalue weighted by molar-refractivity contribution is 0.0518. The number of likely N-dealkylation sites (tertiary alicyclic amines) is 1. The first-order chi connectivity index (χ1) is 9.65. The lowest BCUT2D eigenvalue weighted by Crippen LogP contribution is -2.52. The number of hydrogen-bond donors (Lipinski definition) is 1. The second-order valence-electron chi connectivity index (χ2n) is 6.47. The quantitative estimate of drug-likeness (QED) is 0.880. The van der Waals surface area contributed by atoms with Gasteiger partial charge in [-0.2, -0.15) is 0 Å². The molecule has 0 bridgehead atoms. The number of nitrogens with zero attached hydrogens (tertiary/aromatic N) is 1. The van der Waals surface area contributed by atoms with Crippen molar-refractivity contribution in [2.45, 2.75) is 64.6 Å². The van der Waals surface area contributed by atoms with Crippen LogP contribution in [0.15, 0.2) is 30.3 Å². The maximum Gasteiger partial charge on any atom is 0.0455 e. The van der Waals surface area contributed by atoms with Crippen LogP contribution in [0.1, 0.15) is 58.1 Å². The lowest BCUT2D eigenvalue weighted by Gasteiger charge is -2.45. The smallest absolute Gasteiger partial charge is 0.0455 e. The van der Waals surface area contributed by atoms with E-state index in [4.69, 9.17) is 5.73 Å². The Balaban J connectivity index is 2.21. The van der Waals surface area contributed by atoms with E-state index in [-0.39, 0.29) is 6.04 Å². The van der Waals surface area contributed by atoms with E-state index in [1.54, 1.807) is 0 Å². The molecule has 1 fully saturated rings. The van der Waals surface area contributed by atoms with Gasteiger partial charge in [0, 0.05) is 18.1 Å². The molecular weight excluding hydrogens is 244 g/mol. The van der Waals surface area contributed by atoms with Gasteiger partial charge in [-0.3, -0.25) is 4.90 Å². The Hall–Kier alpha value is -0.860. The predicted octanol–water partition coefficient (Wildman–Crippen LogP) is 3.98. The van der Waals surface area contributed by atoms with Crippen LogP contribution in [0.2, 0.25) is 0 Å². The molecule has 0 aromatic heterocycles. The summed E-state index contributed by atoms with van der Waals surface area (Å²) in [6.07, 6.45) is 5.27. The zero-order valence-electron chi connectivity index (χ0n) is 13.3. The third-order valence-corrected chi connectivity index (χ3v) is 4.76. The highest BCUT2D eigenvalue weighted by molar-refractivity contribution is 5.20. The second-order valence-corrected chi connectivity index (χ2v) is 6.47. The first-order valence-corrected chi connectivity index (χ1v) is 8.21. The summed E-state index contributed by atoms with van der Waals surface area (Å²) in [4.78, 5) is 2.70. The van der Waals surface area contributed by atoms with Crippen LogP contribution in [0.5, 0.6) is 0 Å². The first-order valence-electron chi connectivity index (χ1n) is 8.21. The van der Waals surface area contributed by atoms with E-state index in [9.17, 15) is 0 Å². The summed E-state index contributed by atoms with van der Waals surface area (Å²) in [5.41, 5.74) is 7.92. The standard InChI is InChI=1S/C18H30N2/c1-4-16-12-8-9-13-20(16)18(14(2)3)17(19)15-10-6-5-7-11-15/h5-7,10-11,14,16-18H,4,8-9,12-13,19H2,1-3H3. The molecule has 1 aliphatic heterocycles. The Labute approximate surface area is 124 Å². The van der Waals surface area contributed by atoms with E-state index in [0.717, 1.165) is 0 Å². The molecule has 0 spiro atoms. The third kappa shape index (κ3) is 3.42. The normalized spacial score (nSPS) is 23.8. The molecule has 20 heavy (non-hydrogen) atoms. The van der Waals surface area contributed by atoms with Gasteiger partial charge in [0.25, 0.3) is 0 Å². The third-order valence-electron chi connectivity index (χ3n) is 4.76. The van der Waals surface area contributed by atoms with Crippen LogP contribution in [0.4, 0.5) is 0 Å². The van der Waals surface area contributed by atoms with E-state index in [1.165, 1.54) is 37.8 Å². The van der Waals surface area contributed by atoms with Crippen LogP contribution in [-0.4, -0.2) is 23.5 Å². The molecule has 3 atom stereocenters. The van der Waals surface area contributed by atoms with E-state index in [0.29, 0.717) is 18.0 Å².